The van der Waals surface area contributed by atoms with Crippen molar-refractivity contribution in [3.8, 4) is 0 Å². The molecule has 1 unspecified atom stereocenters. The molecule has 1 aromatic carbocycles. The van der Waals surface area contributed by atoms with Crippen molar-refractivity contribution in [1.29, 1.82) is 0 Å². The van der Waals surface area contributed by atoms with Gasteiger partial charge in [-0.05, 0) is 17.7 Å². The number of halogens is 1. The van der Waals surface area contributed by atoms with E-state index in [1.807, 2.05) is 6.07 Å². The third-order valence-corrected chi connectivity index (χ3v) is 3.15. The minimum absolute atomic E-state index is 0.0345. The average Bonchev–Trinajstić information content (AvgIpc) is 2.40. The molecule has 1 aromatic rings. The normalized spacial score (nSPS) is 19.2. The number of hydrogen-bond acceptors (Lipinski definition) is 3. The van der Waals surface area contributed by atoms with Crippen LogP contribution < -0.4 is 5.32 Å². The van der Waals surface area contributed by atoms with Crippen LogP contribution in [0.1, 0.15) is 12.0 Å². The molecule has 0 aromatic heterocycles. The molecule has 1 amide bonds. The van der Waals surface area contributed by atoms with E-state index >= 15 is 0 Å². The van der Waals surface area contributed by atoms with Crippen molar-refractivity contribution >= 4 is 5.91 Å². The zero-order valence-electron chi connectivity index (χ0n) is 11.1. The van der Waals surface area contributed by atoms with E-state index in [1.54, 1.807) is 18.0 Å². The Morgan fingerprint density at radius 1 is 1.58 bits per heavy atom. The molecule has 0 saturated carbocycles. The maximum Gasteiger partial charge on any atom is 0.224 e. The number of benzene rings is 1. The van der Waals surface area contributed by atoms with Gasteiger partial charge in [-0.2, -0.15) is 0 Å². The summed E-state index contributed by atoms with van der Waals surface area (Å²) in [6.07, 6.45) is 0.409. The summed E-state index contributed by atoms with van der Waals surface area (Å²) in [6, 6.07) is 6.39. The summed E-state index contributed by atoms with van der Waals surface area (Å²) in [4.78, 5) is 13.7. The second-order valence-corrected chi connectivity index (χ2v) is 4.81. The van der Waals surface area contributed by atoms with Crippen LogP contribution in [0.25, 0.3) is 0 Å². The van der Waals surface area contributed by atoms with Crippen LogP contribution >= 0.6 is 0 Å². The smallest absolute Gasteiger partial charge is 0.224 e. The van der Waals surface area contributed by atoms with Crippen LogP contribution in [0.4, 0.5) is 4.39 Å². The maximum absolute atomic E-state index is 13.1. The van der Waals surface area contributed by atoms with E-state index in [0.29, 0.717) is 26.2 Å². The third kappa shape index (κ3) is 4.29. The lowest BCUT2D eigenvalue weighted by molar-refractivity contribution is -0.131. The molecule has 1 aliphatic heterocycles. The average molecular weight is 266 g/mol. The Kier molecular flexibility index (Phi) is 4.87. The van der Waals surface area contributed by atoms with Gasteiger partial charge in [0.05, 0.1) is 13.2 Å². The topological polar surface area (TPSA) is 41.6 Å². The molecule has 0 radical (unpaired) electrons. The van der Waals surface area contributed by atoms with Gasteiger partial charge in [0.1, 0.15) is 5.82 Å². The van der Waals surface area contributed by atoms with Gasteiger partial charge in [-0.3, -0.25) is 4.79 Å². The second kappa shape index (κ2) is 6.63. The second-order valence-electron chi connectivity index (χ2n) is 4.81. The highest BCUT2D eigenvalue weighted by Crippen LogP contribution is 2.08. The van der Waals surface area contributed by atoms with E-state index < -0.39 is 0 Å². The Morgan fingerprint density at radius 2 is 2.42 bits per heavy atom. The van der Waals surface area contributed by atoms with Crippen LogP contribution in [-0.2, 0) is 16.1 Å². The molecular weight excluding hydrogens is 247 g/mol. The summed E-state index contributed by atoms with van der Waals surface area (Å²) in [5.74, 6) is -0.243. The van der Waals surface area contributed by atoms with Gasteiger partial charge >= 0.3 is 0 Å². The van der Waals surface area contributed by atoms with Gasteiger partial charge < -0.3 is 15.0 Å². The van der Waals surface area contributed by atoms with Crippen LogP contribution in [-0.4, -0.2) is 43.7 Å². The quantitative estimate of drug-likeness (QED) is 0.889. The zero-order valence-corrected chi connectivity index (χ0v) is 11.1. The van der Waals surface area contributed by atoms with Gasteiger partial charge in [-0.15, -0.1) is 0 Å². The summed E-state index contributed by atoms with van der Waals surface area (Å²) in [5.41, 5.74) is 0.795. The number of morpholine rings is 1. The van der Waals surface area contributed by atoms with E-state index in [9.17, 15) is 9.18 Å². The summed E-state index contributed by atoms with van der Waals surface area (Å²) in [6.45, 7) is 2.47. The van der Waals surface area contributed by atoms with Crippen LogP contribution in [0.2, 0.25) is 0 Å². The largest absolute Gasteiger partial charge is 0.378 e. The summed E-state index contributed by atoms with van der Waals surface area (Å²) < 4.78 is 18.4. The number of rotatable bonds is 4. The van der Waals surface area contributed by atoms with Crippen LogP contribution in [0.3, 0.4) is 0 Å². The number of hydrogen-bond donors (Lipinski definition) is 1. The SMILES string of the molecule is CN(Cc1cccc(F)c1)C(=O)CC1COCCN1. The first-order valence-corrected chi connectivity index (χ1v) is 6.44. The number of carbonyl (C=O) groups is 1. The van der Waals surface area contributed by atoms with E-state index in [4.69, 9.17) is 4.74 Å². The minimum Gasteiger partial charge on any atom is -0.378 e. The first-order chi connectivity index (χ1) is 9.15. The van der Waals surface area contributed by atoms with E-state index in [1.165, 1.54) is 12.1 Å². The molecule has 1 fully saturated rings. The summed E-state index contributed by atoms with van der Waals surface area (Å²) >= 11 is 0. The Bertz CT molecular complexity index is 433. The van der Waals surface area contributed by atoms with Gasteiger partial charge in [-0.1, -0.05) is 12.1 Å². The van der Waals surface area contributed by atoms with E-state index in [2.05, 4.69) is 5.32 Å². The number of nitrogens with one attached hydrogen (secondary N) is 1. The van der Waals surface area contributed by atoms with Gasteiger partial charge in [-0.25, -0.2) is 4.39 Å². The lowest BCUT2D eigenvalue weighted by atomic mass is 10.1. The van der Waals surface area contributed by atoms with Crippen LogP contribution in [0.15, 0.2) is 24.3 Å². The molecule has 1 saturated heterocycles. The van der Waals surface area contributed by atoms with Crippen LogP contribution in [0, 0.1) is 5.82 Å². The van der Waals surface area contributed by atoms with E-state index in [-0.39, 0.29) is 17.8 Å². The van der Waals surface area contributed by atoms with Crippen molar-refractivity contribution in [2.24, 2.45) is 0 Å². The van der Waals surface area contributed by atoms with Crippen molar-refractivity contribution in [3.63, 3.8) is 0 Å². The predicted octanol–water partition coefficient (Wildman–Crippen LogP) is 1.16. The van der Waals surface area contributed by atoms with Crippen molar-refractivity contribution in [2.45, 2.75) is 19.0 Å². The van der Waals surface area contributed by atoms with Gasteiger partial charge in [0.15, 0.2) is 0 Å². The van der Waals surface area contributed by atoms with Gasteiger partial charge in [0.2, 0.25) is 5.91 Å². The Balaban J connectivity index is 1.84. The van der Waals surface area contributed by atoms with Crippen molar-refractivity contribution in [1.82, 2.24) is 10.2 Å². The first-order valence-electron chi connectivity index (χ1n) is 6.44. The Morgan fingerprint density at radius 3 is 3.11 bits per heavy atom. The molecule has 2 rings (SSSR count). The summed E-state index contributed by atoms with van der Waals surface area (Å²) in [5, 5.41) is 3.25. The van der Waals surface area contributed by atoms with Gasteiger partial charge in [0.25, 0.3) is 0 Å². The van der Waals surface area contributed by atoms with Crippen LogP contribution in [0.5, 0.6) is 0 Å². The fourth-order valence-electron chi connectivity index (χ4n) is 2.11. The predicted molar refractivity (Wildman–Crippen MR) is 70.1 cm³/mol. The van der Waals surface area contributed by atoms with Gasteiger partial charge in [0, 0.05) is 32.6 Å². The molecule has 0 aliphatic carbocycles. The molecular formula is C14H19FN2O2. The molecule has 19 heavy (non-hydrogen) atoms. The first kappa shape index (κ1) is 14.0. The molecule has 104 valence electrons. The highest BCUT2D eigenvalue weighted by Gasteiger charge is 2.19. The van der Waals surface area contributed by atoms with Crippen molar-refractivity contribution < 1.29 is 13.9 Å². The van der Waals surface area contributed by atoms with Crippen molar-refractivity contribution in [2.75, 3.05) is 26.8 Å². The Labute approximate surface area is 112 Å². The minimum atomic E-state index is -0.277. The van der Waals surface area contributed by atoms with E-state index in [0.717, 1.165) is 12.1 Å². The fourth-order valence-corrected chi connectivity index (χ4v) is 2.11. The molecule has 0 spiro atoms. The lowest BCUT2D eigenvalue weighted by Gasteiger charge is -2.25. The zero-order chi connectivity index (χ0) is 13.7. The molecule has 1 aliphatic rings. The molecule has 1 N–H and O–H groups in total. The molecule has 1 atom stereocenters. The highest BCUT2D eigenvalue weighted by atomic mass is 19.1. The maximum atomic E-state index is 13.1. The molecule has 0 bridgehead atoms. The standard InChI is InChI=1S/C14H19FN2O2/c1-17(9-11-3-2-4-12(15)7-11)14(18)8-13-10-19-6-5-16-13/h2-4,7,13,16H,5-6,8-10H2,1H3. The number of ether oxygens (including phenoxy) is 1. The third-order valence-electron chi connectivity index (χ3n) is 3.15. The molecule has 4 nitrogen and oxygen atoms in total. The number of amides is 1. The summed E-state index contributed by atoms with van der Waals surface area (Å²) in [7, 11) is 1.73. The lowest BCUT2D eigenvalue weighted by Crippen LogP contribution is -2.44. The monoisotopic (exact) mass is 266 g/mol. The number of nitrogens with zero attached hydrogens (tertiary/aromatic N) is 1. The molecule has 1 heterocycles. The highest BCUT2D eigenvalue weighted by molar-refractivity contribution is 5.76. The fraction of sp³-hybridized carbons (Fsp3) is 0.500. The van der Waals surface area contributed by atoms with Crippen molar-refractivity contribution in [3.05, 3.63) is 35.6 Å². The Hall–Kier alpha value is -1.46. The number of carbonyl (C=O) groups excluding carboxylic acids is 1. The molecule has 5 heteroatoms.